The average molecular weight is 490 g/mol. The number of halogens is 1. The zero-order valence-electron chi connectivity index (χ0n) is 17.6. The Balaban J connectivity index is 1.69. The molecule has 1 N–H and O–H groups in total. The maximum absolute atomic E-state index is 12.1. The summed E-state index contributed by atoms with van der Waals surface area (Å²) in [6.45, 7) is 2.91. The quantitative estimate of drug-likeness (QED) is 0.142. The molecule has 0 atom stereocenters. The smallest absolute Gasteiger partial charge is 0.305 e. The molecule has 0 spiro atoms. The van der Waals surface area contributed by atoms with Crippen molar-refractivity contribution < 1.29 is 24.3 Å². The summed E-state index contributed by atoms with van der Waals surface area (Å²) in [4.78, 5) is 23.3. The van der Waals surface area contributed by atoms with Crippen LogP contribution in [0.2, 0.25) is 0 Å². The molecule has 2 aromatic carbocycles. The molecule has 0 saturated heterocycles. The minimum atomic E-state index is -0.494. The first kappa shape index (κ1) is 24.6. The highest BCUT2D eigenvalue weighted by molar-refractivity contribution is 9.10. The number of benzene rings is 2. The third-order valence-electron chi connectivity index (χ3n) is 4.40. The van der Waals surface area contributed by atoms with Gasteiger partial charge in [0.05, 0.1) is 19.8 Å². The van der Waals surface area contributed by atoms with Gasteiger partial charge in [0.15, 0.2) is 0 Å². The molecular weight excluding hydrogens is 462 g/mol. The number of carbonyl (C=O) groups excluding carboxylic acids is 2. The molecule has 0 aliphatic rings. The molecule has 0 aliphatic heterocycles. The van der Waals surface area contributed by atoms with E-state index in [1.165, 1.54) is 6.08 Å². The molecule has 7 heteroatoms. The van der Waals surface area contributed by atoms with Crippen LogP contribution in [0, 0.1) is 0 Å². The summed E-state index contributed by atoms with van der Waals surface area (Å²) in [5.74, 6) is 0.0992. The van der Waals surface area contributed by atoms with Crippen LogP contribution in [0.3, 0.4) is 0 Å². The van der Waals surface area contributed by atoms with Crippen LogP contribution in [-0.4, -0.2) is 35.4 Å². The van der Waals surface area contributed by atoms with Gasteiger partial charge >= 0.3 is 5.97 Å². The fourth-order valence-corrected chi connectivity index (χ4v) is 3.01. The normalized spacial score (nSPS) is 10.8. The third kappa shape index (κ3) is 9.81. The van der Waals surface area contributed by atoms with Crippen LogP contribution in [-0.2, 0) is 20.9 Å². The van der Waals surface area contributed by atoms with Crippen LogP contribution in [0.5, 0.6) is 5.75 Å². The van der Waals surface area contributed by atoms with Gasteiger partial charge in [0.25, 0.3) is 5.91 Å². The van der Waals surface area contributed by atoms with Crippen molar-refractivity contribution in [3.8, 4) is 5.75 Å². The number of ether oxygens (including phenoxy) is 2. The summed E-state index contributed by atoms with van der Waals surface area (Å²) < 4.78 is 11.5. The lowest BCUT2D eigenvalue weighted by atomic mass is 10.2. The largest absolute Gasteiger partial charge is 0.494 e. The predicted molar refractivity (Wildman–Crippen MR) is 123 cm³/mol. The number of hydrogen-bond donors (Lipinski definition) is 1. The molecule has 0 fully saturated rings. The number of esters is 1. The fraction of sp³-hybridized carbons (Fsp3) is 0.333. The summed E-state index contributed by atoms with van der Waals surface area (Å²) in [7, 11) is 0. The Morgan fingerprint density at radius 3 is 2.42 bits per heavy atom. The van der Waals surface area contributed by atoms with Gasteiger partial charge in [-0.2, -0.15) is 0 Å². The molecule has 2 rings (SSSR count). The van der Waals surface area contributed by atoms with E-state index in [2.05, 4.69) is 15.9 Å². The number of rotatable bonds is 12. The second kappa shape index (κ2) is 13.6. The number of carbonyl (C=O) groups is 2. The van der Waals surface area contributed by atoms with Crippen molar-refractivity contribution in [2.45, 2.75) is 39.2 Å². The van der Waals surface area contributed by atoms with Crippen LogP contribution >= 0.6 is 15.9 Å². The van der Waals surface area contributed by atoms with Crippen molar-refractivity contribution in [1.82, 2.24) is 5.06 Å². The molecule has 1 amide bonds. The van der Waals surface area contributed by atoms with Crippen LogP contribution in [0.1, 0.15) is 43.7 Å². The highest BCUT2D eigenvalue weighted by Crippen LogP contribution is 2.15. The summed E-state index contributed by atoms with van der Waals surface area (Å²) in [6.07, 6.45) is 5.98. The van der Waals surface area contributed by atoms with Gasteiger partial charge in [0.2, 0.25) is 0 Å². The third-order valence-corrected chi connectivity index (χ3v) is 4.93. The van der Waals surface area contributed by atoms with Crippen molar-refractivity contribution in [3.63, 3.8) is 0 Å². The summed E-state index contributed by atoms with van der Waals surface area (Å²) >= 11 is 3.35. The topological polar surface area (TPSA) is 76.1 Å². The lowest BCUT2D eigenvalue weighted by molar-refractivity contribution is -0.161. The van der Waals surface area contributed by atoms with Gasteiger partial charge in [0.1, 0.15) is 5.75 Å². The lowest BCUT2D eigenvalue weighted by Crippen LogP contribution is -2.24. The molecule has 31 heavy (non-hydrogen) atoms. The molecule has 0 saturated carbocycles. The maximum atomic E-state index is 12.1. The van der Waals surface area contributed by atoms with Gasteiger partial charge in [-0.15, -0.1) is 0 Å². The molecule has 0 heterocycles. The van der Waals surface area contributed by atoms with Crippen molar-refractivity contribution in [2.24, 2.45) is 0 Å². The van der Waals surface area contributed by atoms with Gasteiger partial charge in [-0.25, -0.2) is 5.06 Å². The minimum absolute atomic E-state index is 0.114. The van der Waals surface area contributed by atoms with E-state index in [0.717, 1.165) is 40.6 Å². The van der Waals surface area contributed by atoms with E-state index in [0.29, 0.717) is 24.7 Å². The predicted octanol–water partition coefficient (Wildman–Crippen LogP) is 5.38. The zero-order valence-corrected chi connectivity index (χ0v) is 19.2. The first-order valence-electron chi connectivity index (χ1n) is 10.3. The SMILES string of the molecule is CCOC(=O)CCCCCOc1ccc(/C=C/C(=O)N(O)Cc2ccc(Br)cc2)cc1. The first-order valence-corrected chi connectivity index (χ1v) is 11.1. The van der Waals surface area contributed by atoms with Crippen molar-refractivity contribution in [3.05, 3.63) is 70.2 Å². The number of amides is 1. The number of hydrogen-bond acceptors (Lipinski definition) is 5. The van der Waals surface area contributed by atoms with Gasteiger partial charge in [0, 0.05) is 17.0 Å². The Hall–Kier alpha value is -2.64. The molecule has 0 unspecified atom stereocenters. The van der Waals surface area contributed by atoms with Crippen LogP contribution in [0.15, 0.2) is 59.1 Å². The van der Waals surface area contributed by atoms with E-state index in [1.54, 1.807) is 13.0 Å². The Morgan fingerprint density at radius 1 is 1.03 bits per heavy atom. The molecule has 0 aromatic heterocycles. The maximum Gasteiger partial charge on any atom is 0.305 e. The lowest BCUT2D eigenvalue weighted by Gasteiger charge is -2.12. The van der Waals surface area contributed by atoms with E-state index in [9.17, 15) is 14.8 Å². The summed E-state index contributed by atoms with van der Waals surface area (Å²) in [6, 6.07) is 14.7. The summed E-state index contributed by atoms with van der Waals surface area (Å²) in [5, 5.41) is 10.6. The van der Waals surface area contributed by atoms with E-state index in [1.807, 2.05) is 48.5 Å². The van der Waals surface area contributed by atoms with Crippen molar-refractivity contribution in [1.29, 1.82) is 0 Å². The van der Waals surface area contributed by atoms with Crippen LogP contribution in [0.25, 0.3) is 6.08 Å². The van der Waals surface area contributed by atoms with E-state index >= 15 is 0 Å². The minimum Gasteiger partial charge on any atom is -0.494 e. The van der Waals surface area contributed by atoms with E-state index in [-0.39, 0.29) is 12.5 Å². The van der Waals surface area contributed by atoms with Crippen LogP contribution in [0.4, 0.5) is 0 Å². The van der Waals surface area contributed by atoms with Crippen molar-refractivity contribution in [2.75, 3.05) is 13.2 Å². The highest BCUT2D eigenvalue weighted by Gasteiger charge is 2.08. The van der Waals surface area contributed by atoms with Gasteiger partial charge in [-0.3, -0.25) is 14.8 Å². The Bertz CT molecular complexity index is 849. The Labute approximate surface area is 191 Å². The number of hydroxylamine groups is 2. The standard InChI is InChI=1S/C24H28BrNO5/c1-2-30-24(28)6-4-3-5-17-31-22-14-9-19(10-15-22)11-16-23(27)26(29)18-20-7-12-21(25)13-8-20/h7-16,29H,2-6,17-18H2,1H3/b16-11+. The number of nitrogens with zero attached hydrogens (tertiary/aromatic N) is 1. The molecule has 166 valence electrons. The van der Waals surface area contributed by atoms with E-state index < -0.39 is 5.91 Å². The highest BCUT2D eigenvalue weighted by atomic mass is 79.9. The second-order valence-corrected chi connectivity index (χ2v) is 7.80. The molecule has 0 aliphatic carbocycles. The molecular formula is C24H28BrNO5. The van der Waals surface area contributed by atoms with Gasteiger partial charge in [-0.05, 0) is 67.7 Å². The van der Waals surface area contributed by atoms with Gasteiger partial charge < -0.3 is 9.47 Å². The fourth-order valence-electron chi connectivity index (χ4n) is 2.74. The zero-order chi connectivity index (χ0) is 22.5. The Kier molecular flexibility index (Phi) is 10.8. The Morgan fingerprint density at radius 2 is 1.74 bits per heavy atom. The van der Waals surface area contributed by atoms with Crippen LogP contribution < -0.4 is 4.74 Å². The molecule has 0 radical (unpaired) electrons. The monoisotopic (exact) mass is 489 g/mol. The summed E-state index contributed by atoms with van der Waals surface area (Å²) in [5.41, 5.74) is 1.65. The molecule has 2 aromatic rings. The van der Waals surface area contributed by atoms with E-state index in [4.69, 9.17) is 9.47 Å². The van der Waals surface area contributed by atoms with Gasteiger partial charge in [-0.1, -0.05) is 40.2 Å². The number of unbranched alkanes of at least 4 members (excludes halogenated alkanes) is 2. The average Bonchev–Trinajstić information content (AvgIpc) is 2.77. The molecule has 6 nitrogen and oxygen atoms in total. The second-order valence-electron chi connectivity index (χ2n) is 6.89. The molecule has 0 bridgehead atoms. The van der Waals surface area contributed by atoms with Crippen molar-refractivity contribution >= 4 is 33.9 Å². The first-order chi connectivity index (χ1) is 15.0.